The fourth-order valence-corrected chi connectivity index (χ4v) is 0.331. The molecule has 0 aliphatic carbocycles. The number of carboxylic acids is 1. The van der Waals surface area contributed by atoms with E-state index in [1.54, 1.807) is 6.92 Å². The number of carbonyl (C=O) groups is 2. The van der Waals surface area contributed by atoms with Crippen LogP contribution in [-0.4, -0.2) is 23.1 Å². The largest absolute Gasteiger partial charge is 1.00 e. The van der Waals surface area contributed by atoms with Gasteiger partial charge in [-0.2, -0.15) is 0 Å². The van der Waals surface area contributed by atoms with E-state index < -0.39 is 18.0 Å². The predicted molar refractivity (Wildman–Crippen MR) is 34.6 cm³/mol. The normalized spacial score (nSPS) is 11.1. The van der Waals surface area contributed by atoms with Crippen molar-refractivity contribution in [2.75, 3.05) is 0 Å². The second-order valence-corrected chi connectivity index (χ2v) is 1.82. The van der Waals surface area contributed by atoms with Crippen LogP contribution in [0.5, 0.6) is 0 Å². The van der Waals surface area contributed by atoms with Gasteiger partial charge in [0.05, 0.1) is 0 Å². The van der Waals surface area contributed by atoms with E-state index in [-0.39, 0.29) is 37.4 Å². The number of aliphatic carboxylic acids is 1. The van der Waals surface area contributed by atoms with Crippen molar-refractivity contribution in [1.29, 1.82) is 0 Å². The van der Waals surface area contributed by atoms with Gasteiger partial charge < -0.3 is 11.3 Å². The molecule has 0 rings (SSSR count). The van der Waals surface area contributed by atoms with Crippen molar-refractivity contribution in [3.63, 3.8) is 0 Å². The average molecular weight is 170 g/mol. The quantitative estimate of drug-likeness (QED) is 0.376. The average Bonchev–Trinajstić information content (AvgIpc) is 1.87. The molecule has 0 fully saturated rings. The van der Waals surface area contributed by atoms with E-state index in [4.69, 9.17) is 5.11 Å². The maximum absolute atomic E-state index is 10.4. The van der Waals surface area contributed by atoms with E-state index >= 15 is 0 Å². The number of hydrogen-bond donors (Lipinski definition) is 1. The Kier molecular flexibility index (Phi) is 8.16. The first-order chi connectivity index (χ1) is 4.57. The summed E-state index contributed by atoms with van der Waals surface area (Å²) in [7, 11) is 0. The van der Waals surface area contributed by atoms with Crippen molar-refractivity contribution in [1.82, 2.24) is 0 Å². The van der Waals surface area contributed by atoms with Crippen LogP contribution in [0.3, 0.4) is 0 Å². The van der Waals surface area contributed by atoms with Crippen LogP contribution in [0.2, 0.25) is 0 Å². The van der Waals surface area contributed by atoms with Crippen molar-refractivity contribution in [2.45, 2.75) is 26.4 Å². The molecule has 0 amide bonds. The zero-order chi connectivity index (χ0) is 8.15. The van der Waals surface area contributed by atoms with E-state index in [9.17, 15) is 9.59 Å². The minimum atomic E-state index is -1.12. The summed E-state index contributed by atoms with van der Waals surface area (Å²) < 4.78 is 4.42. The van der Waals surface area contributed by atoms with E-state index in [1.807, 2.05) is 0 Å². The Bertz CT molecular complexity index is 150. The van der Waals surface area contributed by atoms with Gasteiger partial charge >= 0.3 is 41.5 Å². The third-order valence-corrected chi connectivity index (χ3v) is 0.945. The summed E-state index contributed by atoms with van der Waals surface area (Å²) in [5, 5.41) is 8.25. The summed E-state index contributed by atoms with van der Waals surface area (Å²) in [6.07, 6.45) is -0.829. The molecule has 11 heavy (non-hydrogen) atoms. The number of ether oxygens (including phenoxy) is 1. The number of carboxylic acid groups (broad SMARTS) is 1. The van der Waals surface area contributed by atoms with Crippen molar-refractivity contribution in [3.05, 3.63) is 0 Å². The van der Waals surface area contributed by atoms with E-state index in [1.165, 1.54) is 6.92 Å². The molecular formula is C6H11NaO4. The van der Waals surface area contributed by atoms with Gasteiger partial charge in [0.2, 0.25) is 0 Å². The standard InChI is InChI=1S/C6H10O4.Na.H/c1-3-5(7)10-4(2)6(8)9;;/h4H,3H2,1-2H3,(H,8,9);;/q;+1;-1. The first-order valence-corrected chi connectivity index (χ1v) is 3.00. The smallest absolute Gasteiger partial charge is 1.00 e. The molecule has 0 aromatic heterocycles. The maximum atomic E-state index is 10.4. The number of hydrogen-bond acceptors (Lipinski definition) is 3. The minimum Gasteiger partial charge on any atom is -1.00 e. The van der Waals surface area contributed by atoms with Crippen molar-refractivity contribution < 1.29 is 50.4 Å². The van der Waals surface area contributed by atoms with Crippen molar-refractivity contribution in [3.8, 4) is 0 Å². The van der Waals surface area contributed by atoms with Crippen LogP contribution in [0, 0.1) is 0 Å². The summed E-state index contributed by atoms with van der Waals surface area (Å²) in [4.78, 5) is 20.5. The van der Waals surface area contributed by atoms with Gasteiger partial charge in [-0.3, -0.25) is 4.79 Å². The summed E-state index contributed by atoms with van der Waals surface area (Å²) >= 11 is 0. The predicted octanol–water partition coefficient (Wildman–Crippen LogP) is -2.47. The molecule has 0 aromatic rings. The number of rotatable bonds is 3. The van der Waals surface area contributed by atoms with Crippen molar-refractivity contribution in [2.24, 2.45) is 0 Å². The van der Waals surface area contributed by atoms with Gasteiger partial charge in [-0.15, -0.1) is 0 Å². The van der Waals surface area contributed by atoms with Gasteiger partial charge in [0.15, 0.2) is 6.10 Å². The second-order valence-electron chi connectivity index (χ2n) is 1.82. The number of esters is 1. The molecule has 1 atom stereocenters. The Balaban J connectivity index is -0.000000405. The molecular weight excluding hydrogens is 159 g/mol. The fraction of sp³-hybridized carbons (Fsp3) is 0.667. The molecule has 0 aromatic carbocycles. The van der Waals surface area contributed by atoms with Gasteiger partial charge in [-0.25, -0.2) is 4.79 Å². The summed E-state index contributed by atoms with van der Waals surface area (Å²) in [5.74, 6) is -1.61. The molecule has 0 saturated heterocycles. The third kappa shape index (κ3) is 6.34. The van der Waals surface area contributed by atoms with Crippen LogP contribution in [0.15, 0.2) is 0 Å². The summed E-state index contributed by atoms with van der Waals surface area (Å²) in [5.41, 5.74) is 0. The van der Waals surface area contributed by atoms with Gasteiger partial charge in [-0.05, 0) is 6.92 Å². The van der Waals surface area contributed by atoms with Gasteiger partial charge in [0.25, 0.3) is 0 Å². The molecule has 0 spiro atoms. The summed E-state index contributed by atoms with van der Waals surface area (Å²) in [6, 6.07) is 0. The molecule has 1 N–H and O–H groups in total. The van der Waals surface area contributed by atoms with Crippen LogP contribution >= 0.6 is 0 Å². The fourth-order valence-electron chi connectivity index (χ4n) is 0.331. The Hall–Kier alpha value is -0.0600. The Morgan fingerprint density at radius 2 is 2.09 bits per heavy atom. The van der Waals surface area contributed by atoms with Gasteiger partial charge in [0.1, 0.15) is 0 Å². The molecule has 0 heterocycles. The van der Waals surface area contributed by atoms with Crippen molar-refractivity contribution >= 4 is 11.9 Å². The Morgan fingerprint density at radius 3 is 2.36 bits per heavy atom. The molecule has 0 saturated carbocycles. The van der Waals surface area contributed by atoms with Crippen LogP contribution in [0.25, 0.3) is 0 Å². The monoisotopic (exact) mass is 170 g/mol. The second kappa shape index (κ2) is 6.64. The molecule has 0 aliphatic heterocycles. The van der Waals surface area contributed by atoms with E-state index in [0.717, 1.165) is 0 Å². The van der Waals surface area contributed by atoms with Gasteiger partial charge in [0, 0.05) is 6.42 Å². The molecule has 60 valence electrons. The SMILES string of the molecule is CCC(=O)OC(C)C(=O)O.[H-].[Na+]. The Morgan fingerprint density at radius 1 is 1.64 bits per heavy atom. The van der Waals surface area contributed by atoms with Gasteiger partial charge in [-0.1, -0.05) is 6.92 Å². The van der Waals surface area contributed by atoms with Crippen LogP contribution in [-0.2, 0) is 14.3 Å². The Labute approximate surface area is 88.7 Å². The molecule has 0 bridgehead atoms. The first-order valence-electron chi connectivity index (χ1n) is 3.00. The molecule has 0 aliphatic rings. The zero-order valence-electron chi connectivity index (χ0n) is 7.96. The zero-order valence-corrected chi connectivity index (χ0v) is 8.96. The van der Waals surface area contributed by atoms with Crippen LogP contribution in [0.4, 0.5) is 0 Å². The van der Waals surface area contributed by atoms with Crippen LogP contribution in [0.1, 0.15) is 21.7 Å². The van der Waals surface area contributed by atoms with E-state index in [2.05, 4.69) is 4.74 Å². The summed E-state index contributed by atoms with van der Waals surface area (Å²) in [6.45, 7) is 2.92. The molecule has 0 radical (unpaired) electrons. The molecule has 1 unspecified atom stereocenters. The first kappa shape index (κ1) is 13.5. The van der Waals surface area contributed by atoms with E-state index in [0.29, 0.717) is 0 Å². The minimum absolute atomic E-state index is 0. The third-order valence-electron chi connectivity index (χ3n) is 0.945. The molecule has 4 nitrogen and oxygen atoms in total. The van der Waals surface area contributed by atoms with Crippen LogP contribution < -0.4 is 29.6 Å². The maximum Gasteiger partial charge on any atom is 1.00 e. The topological polar surface area (TPSA) is 63.6 Å². The number of carbonyl (C=O) groups excluding carboxylic acids is 1. The molecule has 5 heteroatoms.